The third-order valence-corrected chi connectivity index (χ3v) is 4.74. The molecule has 0 atom stereocenters. The average molecular weight is 389 g/mol. The predicted molar refractivity (Wildman–Crippen MR) is 108 cm³/mol. The predicted octanol–water partition coefficient (Wildman–Crippen LogP) is 3.97. The lowest BCUT2D eigenvalue weighted by Crippen LogP contribution is -2.36. The van der Waals surface area contributed by atoms with Crippen LogP contribution in [-0.2, 0) is 4.74 Å². The number of hydrogen-bond donors (Lipinski definition) is 1. The Morgan fingerprint density at radius 3 is 2.55 bits per heavy atom. The van der Waals surface area contributed by atoms with Crippen LogP contribution in [0.4, 0.5) is 17.2 Å². The largest absolute Gasteiger partial charge is 0.443 e. The van der Waals surface area contributed by atoms with Crippen LogP contribution in [0, 0.1) is 0 Å². The van der Waals surface area contributed by atoms with Crippen LogP contribution in [0.3, 0.4) is 0 Å². The lowest BCUT2D eigenvalue weighted by Gasteiger charge is -2.28. The van der Waals surface area contributed by atoms with E-state index in [1.807, 2.05) is 24.3 Å². The lowest BCUT2D eigenvalue weighted by atomic mass is 10.1. The Morgan fingerprint density at radius 1 is 0.897 bits per heavy atom. The second kappa shape index (κ2) is 7.76. The van der Waals surface area contributed by atoms with Gasteiger partial charge in [-0.05, 0) is 36.4 Å². The summed E-state index contributed by atoms with van der Waals surface area (Å²) in [7, 11) is 0. The van der Waals surface area contributed by atoms with Gasteiger partial charge < -0.3 is 23.8 Å². The summed E-state index contributed by atoms with van der Waals surface area (Å²) in [5.74, 6) is 1.70. The zero-order valence-corrected chi connectivity index (χ0v) is 15.6. The number of nitrogens with one attached hydrogen (secondary N) is 1. The van der Waals surface area contributed by atoms with Gasteiger partial charge >= 0.3 is 0 Å². The number of ether oxygens (including phenoxy) is 1. The van der Waals surface area contributed by atoms with E-state index in [1.54, 1.807) is 12.4 Å². The molecule has 0 spiro atoms. The summed E-state index contributed by atoms with van der Waals surface area (Å²) in [5.41, 5.74) is 3.54. The molecule has 3 aromatic heterocycles. The fraction of sp³-hybridized carbons (Fsp3) is 0.190. The van der Waals surface area contributed by atoms with Gasteiger partial charge in [-0.15, -0.1) is 0 Å². The Bertz CT molecular complexity index is 1070. The van der Waals surface area contributed by atoms with Gasteiger partial charge in [0.05, 0.1) is 19.4 Å². The molecule has 146 valence electrons. The maximum absolute atomic E-state index is 5.58. The molecule has 0 radical (unpaired) electrons. The van der Waals surface area contributed by atoms with Crippen LogP contribution < -0.4 is 10.2 Å². The number of oxazole rings is 2. The first-order valence-electron chi connectivity index (χ1n) is 9.36. The highest BCUT2D eigenvalue weighted by Gasteiger charge is 2.17. The van der Waals surface area contributed by atoms with Crippen LogP contribution in [0.1, 0.15) is 0 Å². The molecule has 1 aromatic carbocycles. The molecule has 1 saturated heterocycles. The van der Waals surface area contributed by atoms with Crippen molar-refractivity contribution in [1.82, 2.24) is 15.0 Å². The Labute approximate surface area is 167 Å². The molecule has 0 aliphatic carbocycles. The number of pyridine rings is 1. The molecule has 4 heterocycles. The molecule has 0 unspecified atom stereocenters. The van der Waals surface area contributed by atoms with Gasteiger partial charge in [-0.25, -0.2) is 15.0 Å². The molecule has 1 aliphatic heterocycles. The topological polar surface area (TPSA) is 89.5 Å². The van der Waals surface area contributed by atoms with E-state index in [9.17, 15) is 0 Å². The van der Waals surface area contributed by atoms with E-state index in [-0.39, 0.29) is 0 Å². The summed E-state index contributed by atoms with van der Waals surface area (Å²) < 4.78 is 16.3. The van der Waals surface area contributed by atoms with Crippen molar-refractivity contribution >= 4 is 17.2 Å². The number of anilines is 3. The van der Waals surface area contributed by atoms with Crippen LogP contribution in [-0.4, -0.2) is 41.3 Å². The van der Waals surface area contributed by atoms with Crippen molar-refractivity contribution in [2.75, 3.05) is 36.5 Å². The molecule has 29 heavy (non-hydrogen) atoms. The Kier molecular flexibility index (Phi) is 4.67. The van der Waals surface area contributed by atoms with Crippen molar-refractivity contribution in [2.45, 2.75) is 0 Å². The Balaban J connectivity index is 1.35. The van der Waals surface area contributed by atoms with E-state index < -0.39 is 0 Å². The highest BCUT2D eigenvalue weighted by molar-refractivity contribution is 5.74. The van der Waals surface area contributed by atoms with Crippen molar-refractivity contribution < 1.29 is 13.6 Å². The first kappa shape index (κ1) is 17.4. The minimum absolute atomic E-state index is 0.416. The Hall–Kier alpha value is -3.65. The molecule has 0 bridgehead atoms. The van der Waals surface area contributed by atoms with Gasteiger partial charge in [-0.2, -0.15) is 0 Å². The first-order valence-corrected chi connectivity index (χ1v) is 9.36. The summed E-state index contributed by atoms with van der Waals surface area (Å²) in [6.45, 7) is 3.38. The van der Waals surface area contributed by atoms with E-state index in [4.69, 9.17) is 13.6 Å². The summed E-state index contributed by atoms with van der Waals surface area (Å²) in [4.78, 5) is 15.1. The van der Waals surface area contributed by atoms with Crippen LogP contribution in [0.2, 0.25) is 0 Å². The SMILES string of the molecule is c1cc(-c2ocnc2-c2ncco2)cc(Nc2ccc(N3CCOCC3)cc2)n1. The van der Waals surface area contributed by atoms with Gasteiger partial charge in [-0.3, -0.25) is 0 Å². The average Bonchev–Trinajstić information content (AvgIpc) is 3.47. The van der Waals surface area contributed by atoms with Gasteiger partial charge in [0.1, 0.15) is 12.1 Å². The monoisotopic (exact) mass is 389 g/mol. The van der Waals surface area contributed by atoms with Crippen LogP contribution in [0.25, 0.3) is 22.9 Å². The van der Waals surface area contributed by atoms with E-state index in [0.29, 0.717) is 23.2 Å². The number of rotatable bonds is 5. The molecule has 4 aromatic rings. The van der Waals surface area contributed by atoms with Crippen molar-refractivity contribution in [2.24, 2.45) is 0 Å². The smallest absolute Gasteiger partial charge is 0.249 e. The summed E-state index contributed by atoms with van der Waals surface area (Å²) in [6.07, 6.45) is 6.19. The van der Waals surface area contributed by atoms with E-state index in [2.05, 4.69) is 37.3 Å². The van der Waals surface area contributed by atoms with Gasteiger partial charge in [-0.1, -0.05) is 0 Å². The van der Waals surface area contributed by atoms with Gasteiger partial charge in [0.25, 0.3) is 0 Å². The molecule has 8 nitrogen and oxygen atoms in total. The third kappa shape index (κ3) is 3.70. The van der Waals surface area contributed by atoms with Crippen LogP contribution in [0.15, 0.2) is 70.3 Å². The number of aromatic nitrogens is 3. The lowest BCUT2D eigenvalue weighted by molar-refractivity contribution is 0.122. The second-order valence-electron chi connectivity index (χ2n) is 6.57. The molecule has 8 heteroatoms. The molecule has 1 N–H and O–H groups in total. The summed E-state index contributed by atoms with van der Waals surface area (Å²) >= 11 is 0. The van der Waals surface area contributed by atoms with Crippen molar-refractivity contribution in [3.8, 4) is 22.9 Å². The molecular formula is C21H19N5O3. The van der Waals surface area contributed by atoms with Gasteiger partial charge in [0, 0.05) is 36.2 Å². The van der Waals surface area contributed by atoms with Crippen LogP contribution >= 0.6 is 0 Å². The zero-order valence-electron chi connectivity index (χ0n) is 15.6. The molecule has 1 aliphatic rings. The molecular weight excluding hydrogens is 370 g/mol. The Morgan fingerprint density at radius 2 is 1.76 bits per heavy atom. The minimum atomic E-state index is 0.416. The zero-order chi connectivity index (χ0) is 19.5. The maximum atomic E-state index is 5.58. The number of hydrogen-bond acceptors (Lipinski definition) is 8. The second-order valence-corrected chi connectivity index (χ2v) is 6.57. The normalized spacial score (nSPS) is 14.1. The van der Waals surface area contributed by atoms with E-state index >= 15 is 0 Å². The number of morpholine rings is 1. The van der Waals surface area contributed by atoms with Gasteiger partial charge in [0.2, 0.25) is 5.89 Å². The first-order chi connectivity index (χ1) is 14.4. The van der Waals surface area contributed by atoms with E-state index in [0.717, 1.165) is 37.6 Å². The van der Waals surface area contributed by atoms with Crippen molar-refractivity contribution in [3.05, 3.63) is 61.4 Å². The molecule has 0 amide bonds. The number of nitrogens with zero attached hydrogens (tertiary/aromatic N) is 4. The molecule has 0 saturated carbocycles. The molecule has 1 fully saturated rings. The van der Waals surface area contributed by atoms with Crippen molar-refractivity contribution in [1.29, 1.82) is 0 Å². The fourth-order valence-corrected chi connectivity index (χ4v) is 3.31. The maximum Gasteiger partial charge on any atom is 0.249 e. The quantitative estimate of drug-likeness (QED) is 0.548. The fourth-order valence-electron chi connectivity index (χ4n) is 3.31. The van der Waals surface area contributed by atoms with E-state index in [1.165, 1.54) is 18.3 Å². The summed E-state index contributed by atoms with van der Waals surface area (Å²) in [5, 5.41) is 3.34. The van der Waals surface area contributed by atoms with Crippen molar-refractivity contribution in [3.63, 3.8) is 0 Å². The number of benzene rings is 1. The highest BCUT2D eigenvalue weighted by atomic mass is 16.5. The molecule has 5 rings (SSSR count). The van der Waals surface area contributed by atoms with Gasteiger partial charge in [0.15, 0.2) is 17.8 Å². The summed E-state index contributed by atoms with van der Waals surface area (Å²) in [6, 6.07) is 12.1. The standard InChI is InChI=1S/C21H19N5O3/c1-3-17(26-8-11-27-12-9-26)4-2-16(1)25-18-13-15(5-6-22-18)20-19(24-14-29-20)21-23-7-10-28-21/h1-7,10,13-14H,8-9,11-12H2,(H,22,25). The highest BCUT2D eigenvalue weighted by Crippen LogP contribution is 2.31. The third-order valence-electron chi connectivity index (χ3n) is 4.74. The minimum Gasteiger partial charge on any atom is -0.443 e. The van der Waals surface area contributed by atoms with Crippen LogP contribution in [0.5, 0.6) is 0 Å².